The SMILES string of the molecule is Cc1cc(CBr)cc(C)c1OC(C)C#N. The topological polar surface area (TPSA) is 33.0 Å². The van der Waals surface area contributed by atoms with Crippen LogP contribution in [0.3, 0.4) is 0 Å². The third-order valence-electron chi connectivity index (χ3n) is 2.15. The predicted molar refractivity (Wildman–Crippen MR) is 64.3 cm³/mol. The van der Waals surface area contributed by atoms with Crippen LogP contribution in [0.25, 0.3) is 0 Å². The predicted octanol–water partition coefficient (Wildman–Crippen LogP) is 3.49. The van der Waals surface area contributed by atoms with Crippen LogP contribution in [0.1, 0.15) is 23.6 Å². The van der Waals surface area contributed by atoms with Gasteiger partial charge in [0.1, 0.15) is 11.8 Å². The molecule has 0 aliphatic carbocycles. The molecule has 0 aliphatic heterocycles. The van der Waals surface area contributed by atoms with Gasteiger partial charge in [0.15, 0.2) is 6.10 Å². The number of hydrogen-bond acceptors (Lipinski definition) is 2. The molecule has 0 heterocycles. The number of nitrogens with zero attached hydrogens (tertiary/aromatic N) is 1. The van der Waals surface area contributed by atoms with Crippen LogP contribution in [0.4, 0.5) is 0 Å². The third kappa shape index (κ3) is 2.97. The third-order valence-corrected chi connectivity index (χ3v) is 2.80. The molecule has 0 spiro atoms. The Labute approximate surface area is 99.0 Å². The van der Waals surface area contributed by atoms with E-state index in [0.29, 0.717) is 0 Å². The Morgan fingerprint density at radius 2 is 1.93 bits per heavy atom. The van der Waals surface area contributed by atoms with E-state index in [1.807, 2.05) is 13.8 Å². The molecule has 1 atom stereocenters. The maximum atomic E-state index is 8.70. The molecule has 0 radical (unpaired) electrons. The monoisotopic (exact) mass is 267 g/mol. The second kappa shape index (κ2) is 5.18. The fourth-order valence-corrected chi connectivity index (χ4v) is 1.83. The molecule has 15 heavy (non-hydrogen) atoms. The van der Waals surface area contributed by atoms with Crippen molar-refractivity contribution < 1.29 is 4.74 Å². The summed E-state index contributed by atoms with van der Waals surface area (Å²) in [6, 6.07) is 6.21. The van der Waals surface area contributed by atoms with Gasteiger partial charge < -0.3 is 4.74 Å². The molecule has 0 aliphatic rings. The summed E-state index contributed by atoms with van der Waals surface area (Å²) < 4.78 is 5.55. The second-order valence-electron chi connectivity index (χ2n) is 3.58. The number of benzene rings is 1. The van der Waals surface area contributed by atoms with Gasteiger partial charge in [-0.3, -0.25) is 0 Å². The summed E-state index contributed by atoms with van der Waals surface area (Å²) in [6.07, 6.45) is -0.405. The van der Waals surface area contributed by atoms with Crippen molar-refractivity contribution in [3.8, 4) is 11.8 Å². The number of aryl methyl sites for hydroxylation is 2. The largest absolute Gasteiger partial charge is 0.475 e. The lowest BCUT2D eigenvalue weighted by molar-refractivity contribution is 0.272. The highest BCUT2D eigenvalue weighted by molar-refractivity contribution is 9.08. The van der Waals surface area contributed by atoms with E-state index < -0.39 is 6.10 Å². The molecular weight excluding hydrogens is 254 g/mol. The van der Waals surface area contributed by atoms with Gasteiger partial charge in [-0.05, 0) is 37.5 Å². The molecule has 0 saturated heterocycles. The Morgan fingerprint density at radius 1 is 1.40 bits per heavy atom. The van der Waals surface area contributed by atoms with Gasteiger partial charge in [0.2, 0.25) is 0 Å². The summed E-state index contributed by atoms with van der Waals surface area (Å²) in [5, 5.41) is 9.53. The molecule has 0 amide bonds. The Morgan fingerprint density at radius 3 is 2.33 bits per heavy atom. The zero-order valence-corrected chi connectivity index (χ0v) is 10.8. The van der Waals surface area contributed by atoms with Crippen LogP contribution in [-0.2, 0) is 5.33 Å². The molecule has 1 aromatic rings. The van der Waals surface area contributed by atoms with Gasteiger partial charge in [-0.15, -0.1) is 0 Å². The van der Waals surface area contributed by atoms with Crippen molar-refractivity contribution in [3.05, 3.63) is 28.8 Å². The maximum absolute atomic E-state index is 8.70. The first-order valence-electron chi connectivity index (χ1n) is 4.80. The van der Waals surface area contributed by atoms with Gasteiger partial charge in [0, 0.05) is 5.33 Å². The van der Waals surface area contributed by atoms with Gasteiger partial charge in [0.25, 0.3) is 0 Å². The summed E-state index contributed by atoms with van der Waals surface area (Å²) in [5.41, 5.74) is 3.38. The standard InChI is InChI=1S/C12H14BrNO/c1-8-4-11(6-13)5-9(2)12(8)15-10(3)7-14/h4-5,10H,6H2,1-3H3. The summed E-state index contributed by atoms with van der Waals surface area (Å²) in [7, 11) is 0. The minimum atomic E-state index is -0.405. The number of hydrogen-bond donors (Lipinski definition) is 0. The van der Waals surface area contributed by atoms with Crippen molar-refractivity contribution in [2.45, 2.75) is 32.2 Å². The minimum absolute atomic E-state index is 0.405. The normalized spacial score (nSPS) is 11.9. The summed E-state index contributed by atoms with van der Waals surface area (Å²) in [4.78, 5) is 0. The van der Waals surface area contributed by atoms with Crippen molar-refractivity contribution in [1.82, 2.24) is 0 Å². The molecule has 1 aromatic carbocycles. The first-order valence-corrected chi connectivity index (χ1v) is 5.93. The lowest BCUT2D eigenvalue weighted by Gasteiger charge is -2.14. The zero-order chi connectivity index (χ0) is 11.4. The molecule has 0 aromatic heterocycles. The average Bonchev–Trinajstić information content (AvgIpc) is 2.22. The molecule has 0 N–H and O–H groups in total. The van der Waals surface area contributed by atoms with E-state index in [9.17, 15) is 0 Å². The van der Waals surface area contributed by atoms with E-state index in [2.05, 4.69) is 34.1 Å². The van der Waals surface area contributed by atoms with Gasteiger partial charge in [0.05, 0.1) is 0 Å². The molecule has 0 saturated carbocycles. The first kappa shape index (κ1) is 12.1. The van der Waals surface area contributed by atoms with E-state index in [-0.39, 0.29) is 0 Å². The van der Waals surface area contributed by atoms with Crippen LogP contribution in [-0.4, -0.2) is 6.10 Å². The lowest BCUT2D eigenvalue weighted by Crippen LogP contribution is -2.10. The van der Waals surface area contributed by atoms with Crippen LogP contribution >= 0.6 is 15.9 Å². The summed E-state index contributed by atoms with van der Waals surface area (Å²) in [6.45, 7) is 5.74. The average molecular weight is 268 g/mol. The van der Waals surface area contributed by atoms with Gasteiger partial charge >= 0.3 is 0 Å². The zero-order valence-electron chi connectivity index (χ0n) is 9.17. The van der Waals surface area contributed by atoms with Crippen LogP contribution in [0, 0.1) is 25.2 Å². The number of halogens is 1. The quantitative estimate of drug-likeness (QED) is 0.786. The highest BCUT2D eigenvalue weighted by atomic mass is 79.9. The van der Waals surface area contributed by atoms with E-state index >= 15 is 0 Å². The van der Waals surface area contributed by atoms with Crippen LogP contribution < -0.4 is 4.74 Å². The first-order chi connectivity index (χ1) is 7.08. The molecular formula is C12H14BrNO. The van der Waals surface area contributed by atoms with Crippen molar-refractivity contribution in [2.24, 2.45) is 0 Å². The fraction of sp³-hybridized carbons (Fsp3) is 0.417. The molecule has 2 nitrogen and oxygen atoms in total. The van der Waals surface area contributed by atoms with Crippen molar-refractivity contribution in [1.29, 1.82) is 5.26 Å². The maximum Gasteiger partial charge on any atom is 0.181 e. The van der Waals surface area contributed by atoms with E-state index in [1.54, 1.807) is 6.92 Å². The Balaban J connectivity index is 3.04. The minimum Gasteiger partial charge on any atom is -0.475 e. The Bertz CT molecular complexity index is 372. The van der Waals surface area contributed by atoms with Crippen LogP contribution in [0.15, 0.2) is 12.1 Å². The van der Waals surface area contributed by atoms with Gasteiger partial charge in [-0.2, -0.15) is 5.26 Å². The van der Waals surface area contributed by atoms with Crippen molar-refractivity contribution in [3.63, 3.8) is 0 Å². The molecule has 0 bridgehead atoms. The molecule has 3 heteroatoms. The highest BCUT2D eigenvalue weighted by Gasteiger charge is 2.09. The van der Waals surface area contributed by atoms with Gasteiger partial charge in [-0.25, -0.2) is 0 Å². The molecule has 0 fully saturated rings. The second-order valence-corrected chi connectivity index (χ2v) is 4.14. The van der Waals surface area contributed by atoms with Crippen LogP contribution in [0.5, 0.6) is 5.75 Å². The molecule has 1 rings (SSSR count). The summed E-state index contributed by atoms with van der Waals surface area (Å²) >= 11 is 3.42. The van der Waals surface area contributed by atoms with Crippen molar-refractivity contribution in [2.75, 3.05) is 0 Å². The molecule has 80 valence electrons. The van der Waals surface area contributed by atoms with E-state index in [1.165, 1.54) is 5.56 Å². The number of nitriles is 1. The van der Waals surface area contributed by atoms with E-state index in [4.69, 9.17) is 10.00 Å². The fourth-order valence-electron chi connectivity index (χ4n) is 1.51. The number of rotatable bonds is 3. The number of alkyl halides is 1. The number of ether oxygens (including phenoxy) is 1. The van der Waals surface area contributed by atoms with Gasteiger partial charge in [-0.1, -0.05) is 28.1 Å². The van der Waals surface area contributed by atoms with E-state index in [0.717, 1.165) is 22.2 Å². The lowest BCUT2D eigenvalue weighted by atomic mass is 10.1. The smallest absolute Gasteiger partial charge is 0.181 e. The summed E-state index contributed by atoms with van der Waals surface area (Å²) in [5.74, 6) is 0.828. The molecule has 1 unspecified atom stereocenters. The highest BCUT2D eigenvalue weighted by Crippen LogP contribution is 2.26. The van der Waals surface area contributed by atoms with Crippen LogP contribution in [0.2, 0.25) is 0 Å². The Hall–Kier alpha value is -1.01. The van der Waals surface area contributed by atoms with Crippen molar-refractivity contribution >= 4 is 15.9 Å². The Kier molecular flexibility index (Phi) is 4.16.